The summed E-state index contributed by atoms with van der Waals surface area (Å²) >= 11 is 0. The van der Waals surface area contributed by atoms with Gasteiger partial charge in [0.1, 0.15) is 17.1 Å². The third kappa shape index (κ3) is 7.82. The van der Waals surface area contributed by atoms with Gasteiger partial charge in [0.25, 0.3) is 17.7 Å². The molecule has 0 aromatic carbocycles. The number of aromatic nitrogens is 3. The van der Waals surface area contributed by atoms with Crippen molar-refractivity contribution in [2.24, 2.45) is 21.1 Å². The van der Waals surface area contributed by atoms with Crippen LogP contribution in [0.1, 0.15) is 38.4 Å². The summed E-state index contributed by atoms with van der Waals surface area (Å²) in [6.07, 6.45) is 5.37. The molecule has 14 heteroatoms. The molecule has 208 valence electrons. The maximum Gasteiger partial charge on any atom is 0.272 e. The molecule has 0 unspecified atom stereocenters. The van der Waals surface area contributed by atoms with E-state index in [2.05, 4.69) is 31.9 Å². The molecule has 3 aromatic heterocycles. The van der Waals surface area contributed by atoms with Crippen molar-refractivity contribution >= 4 is 47.1 Å². The molecule has 5 amide bonds. The van der Waals surface area contributed by atoms with Crippen LogP contribution in [0.25, 0.3) is 0 Å². The molecule has 0 aliphatic rings. The lowest BCUT2D eigenvalue weighted by molar-refractivity contribution is -0.118. The highest BCUT2D eigenvalue weighted by atomic mass is 16.2. The maximum atomic E-state index is 12.9. The molecule has 0 atom stereocenters. The second kappa shape index (κ2) is 13.1. The summed E-state index contributed by atoms with van der Waals surface area (Å²) in [6.45, 7) is 3.47. The van der Waals surface area contributed by atoms with Gasteiger partial charge in [-0.15, -0.1) is 0 Å². The van der Waals surface area contributed by atoms with Crippen LogP contribution in [0.15, 0.2) is 36.8 Å². The highest BCUT2D eigenvalue weighted by Gasteiger charge is 2.18. The summed E-state index contributed by atoms with van der Waals surface area (Å²) in [5, 5.41) is 16.6. The molecule has 0 saturated heterocycles. The Morgan fingerprint density at radius 1 is 0.667 bits per heavy atom. The first-order valence-corrected chi connectivity index (χ1v) is 12.1. The summed E-state index contributed by atoms with van der Waals surface area (Å²) in [7, 11) is 5.05. The average molecular weight is 540 g/mol. The standard InChI is InChI=1S/C25H33N9O5/c1-16(36)27-7-5-26-6-8-28-23(37)20-10-18(13-33(20)3)30-25(39)22-11-19(14-34(22)4)31-24(38)21-9-17(29-15-35)12-32(21)2/h9-15,26H,5-8H2,1-4H3,(H,27,36)(H,28,37)(H,29,35)(H,30,39)(H,31,38). The molecule has 0 saturated carbocycles. The van der Waals surface area contributed by atoms with Gasteiger partial charge in [0.15, 0.2) is 0 Å². The van der Waals surface area contributed by atoms with E-state index >= 15 is 0 Å². The number of aryl methyl sites for hydroxylation is 3. The molecule has 0 aliphatic carbocycles. The van der Waals surface area contributed by atoms with Crippen LogP contribution in [0, 0.1) is 0 Å². The molecule has 39 heavy (non-hydrogen) atoms. The monoisotopic (exact) mass is 539 g/mol. The third-order valence-corrected chi connectivity index (χ3v) is 5.72. The van der Waals surface area contributed by atoms with E-state index in [1.54, 1.807) is 59.5 Å². The SMILES string of the molecule is CC(=O)NCCNCCNC(=O)c1cc(NC(=O)c2cc(NC(=O)c3cc(NC=O)cn3C)cn2C)cn1C. The van der Waals surface area contributed by atoms with Crippen LogP contribution in [0.5, 0.6) is 0 Å². The smallest absolute Gasteiger partial charge is 0.272 e. The van der Waals surface area contributed by atoms with Crippen LogP contribution in [-0.4, -0.2) is 69.9 Å². The Labute approximate surface area is 225 Å². The van der Waals surface area contributed by atoms with Gasteiger partial charge >= 0.3 is 0 Å². The molecule has 0 radical (unpaired) electrons. The first kappa shape index (κ1) is 28.7. The van der Waals surface area contributed by atoms with Gasteiger partial charge in [-0.1, -0.05) is 0 Å². The Morgan fingerprint density at radius 2 is 1.10 bits per heavy atom. The topological polar surface area (TPSA) is 172 Å². The average Bonchev–Trinajstić information content (AvgIpc) is 3.54. The zero-order valence-electron chi connectivity index (χ0n) is 22.3. The molecule has 3 rings (SSSR count). The van der Waals surface area contributed by atoms with E-state index < -0.39 is 11.8 Å². The van der Waals surface area contributed by atoms with Gasteiger partial charge < -0.3 is 45.6 Å². The quantitative estimate of drug-likeness (QED) is 0.134. The molecule has 0 spiro atoms. The van der Waals surface area contributed by atoms with Gasteiger partial charge in [-0.3, -0.25) is 24.0 Å². The first-order valence-electron chi connectivity index (χ1n) is 12.1. The van der Waals surface area contributed by atoms with Gasteiger partial charge in [-0.2, -0.15) is 0 Å². The predicted octanol–water partition coefficient (Wildman–Crippen LogP) is 0.231. The van der Waals surface area contributed by atoms with Gasteiger partial charge in [-0.25, -0.2) is 0 Å². The van der Waals surface area contributed by atoms with E-state index in [1.165, 1.54) is 19.1 Å². The normalized spacial score (nSPS) is 10.6. The van der Waals surface area contributed by atoms with Gasteiger partial charge in [-0.05, 0) is 18.2 Å². The molecule has 14 nitrogen and oxygen atoms in total. The third-order valence-electron chi connectivity index (χ3n) is 5.72. The lowest BCUT2D eigenvalue weighted by atomic mass is 10.3. The highest BCUT2D eigenvalue weighted by molar-refractivity contribution is 6.07. The molecule has 0 aliphatic heterocycles. The van der Waals surface area contributed by atoms with Crippen LogP contribution in [-0.2, 0) is 30.7 Å². The number of hydrogen-bond donors (Lipinski definition) is 6. The fraction of sp³-hybridized carbons (Fsp3) is 0.320. The van der Waals surface area contributed by atoms with Crippen molar-refractivity contribution in [3.8, 4) is 0 Å². The Balaban J connectivity index is 1.55. The lowest BCUT2D eigenvalue weighted by Gasteiger charge is -2.07. The molecule has 6 N–H and O–H groups in total. The molecular weight excluding hydrogens is 506 g/mol. The van der Waals surface area contributed by atoms with Crippen LogP contribution < -0.4 is 31.9 Å². The van der Waals surface area contributed by atoms with Crippen molar-refractivity contribution in [2.45, 2.75) is 6.92 Å². The van der Waals surface area contributed by atoms with Crippen LogP contribution in [0.2, 0.25) is 0 Å². The molecule has 0 fully saturated rings. The minimum absolute atomic E-state index is 0.0942. The lowest BCUT2D eigenvalue weighted by Crippen LogP contribution is -2.36. The summed E-state index contributed by atoms with van der Waals surface area (Å²) in [5.74, 6) is -1.22. The predicted molar refractivity (Wildman–Crippen MR) is 146 cm³/mol. The molecule has 0 bridgehead atoms. The van der Waals surface area contributed by atoms with E-state index in [-0.39, 0.29) is 11.8 Å². The maximum absolute atomic E-state index is 12.9. The van der Waals surface area contributed by atoms with Crippen LogP contribution >= 0.6 is 0 Å². The van der Waals surface area contributed by atoms with Crippen LogP contribution in [0.3, 0.4) is 0 Å². The Morgan fingerprint density at radius 3 is 1.59 bits per heavy atom. The largest absolute Gasteiger partial charge is 0.355 e. The van der Waals surface area contributed by atoms with Crippen molar-refractivity contribution in [3.05, 3.63) is 53.9 Å². The van der Waals surface area contributed by atoms with Gasteiger partial charge in [0.2, 0.25) is 12.3 Å². The Kier molecular flexibility index (Phi) is 9.64. The fourth-order valence-electron chi connectivity index (χ4n) is 3.85. The van der Waals surface area contributed by atoms with Gasteiger partial charge in [0.05, 0.1) is 17.1 Å². The van der Waals surface area contributed by atoms with E-state index in [0.29, 0.717) is 66.7 Å². The second-order valence-electron chi connectivity index (χ2n) is 8.83. The number of nitrogens with zero attached hydrogens (tertiary/aromatic N) is 3. The number of anilines is 3. The van der Waals surface area contributed by atoms with Crippen molar-refractivity contribution in [3.63, 3.8) is 0 Å². The first-order chi connectivity index (χ1) is 18.6. The zero-order valence-corrected chi connectivity index (χ0v) is 22.3. The van der Waals surface area contributed by atoms with Crippen molar-refractivity contribution in [2.75, 3.05) is 42.1 Å². The second-order valence-corrected chi connectivity index (χ2v) is 8.83. The number of amides is 5. The minimum Gasteiger partial charge on any atom is -0.355 e. The van der Waals surface area contributed by atoms with Crippen LogP contribution in [0.4, 0.5) is 17.1 Å². The van der Waals surface area contributed by atoms with Gasteiger partial charge in [0, 0.05) is 72.8 Å². The molecular formula is C25H33N9O5. The number of hydrogen-bond acceptors (Lipinski definition) is 6. The summed E-state index contributed by atoms with van der Waals surface area (Å²) < 4.78 is 4.76. The van der Waals surface area contributed by atoms with E-state index in [1.807, 2.05) is 0 Å². The van der Waals surface area contributed by atoms with Crippen molar-refractivity contribution in [1.29, 1.82) is 0 Å². The summed E-state index contributed by atoms with van der Waals surface area (Å²) in [5.41, 5.74) is 2.32. The van der Waals surface area contributed by atoms with Crippen molar-refractivity contribution in [1.82, 2.24) is 29.7 Å². The Hall–Kier alpha value is -4.85. The molecule has 3 aromatic rings. The number of rotatable bonds is 13. The van der Waals surface area contributed by atoms with E-state index in [0.717, 1.165) is 0 Å². The summed E-state index contributed by atoms with van der Waals surface area (Å²) in [6, 6.07) is 4.65. The fourth-order valence-corrected chi connectivity index (χ4v) is 3.85. The molecule has 3 heterocycles. The minimum atomic E-state index is -0.421. The zero-order chi connectivity index (χ0) is 28.5. The summed E-state index contributed by atoms with van der Waals surface area (Å²) in [4.78, 5) is 59.7. The Bertz CT molecular complexity index is 1370. The number of carbonyl (C=O) groups excluding carboxylic acids is 5. The number of nitrogens with one attached hydrogen (secondary N) is 6. The van der Waals surface area contributed by atoms with E-state index in [9.17, 15) is 24.0 Å². The number of carbonyl (C=O) groups is 5. The highest BCUT2D eigenvalue weighted by Crippen LogP contribution is 2.19. The van der Waals surface area contributed by atoms with Crippen molar-refractivity contribution < 1.29 is 24.0 Å². The van der Waals surface area contributed by atoms with E-state index in [4.69, 9.17) is 0 Å².